The monoisotopic (exact) mass is 242 g/mol. The molecule has 0 aliphatic heterocycles. The second-order valence-corrected chi connectivity index (χ2v) is 4.48. The van der Waals surface area contributed by atoms with Crippen molar-refractivity contribution in [3.63, 3.8) is 0 Å². The van der Waals surface area contributed by atoms with Crippen molar-refractivity contribution in [2.75, 3.05) is 26.5 Å². The number of benzene rings is 1. The summed E-state index contributed by atoms with van der Waals surface area (Å²) in [6, 6.07) is 5.91. The molecule has 0 aromatic heterocycles. The molecular formula is C12H19ClN2O. The molecule has 0 bridgehead atoms. The van der Waals surface area contributed by atoms with E-state index in [9.17, 15) is 0 Å². The highest BCUT2D eigenvalue weighted by Gasteiger charge is 2.11. The first-order valence-corrected chi connectivity index (χ1v) is 5.65. The number of nitrogens with two attached hydrogens (primary N) is 1. The summed E-state index contributed by atoms with van der Waals surface area (Å²) in [6.07, 6.45) is 0. The third kappa shape index (κ3) is 3.67. The molecule has 0 fully saturated rings. The maximum absolute atomic E-state index is 6.11. The summed E-state index contributed by atoms with van der Waals surface area (Å²) in [4.78, 5) is 2.18. The van der Waals surface area contributed by atoms with E-state index in [1.807, 2.05) is 25.2 Å². The van der Waals surface area contributed by atoms with Crippen molar-refractivity contribution in [1.29, 1.82) is 0 Å². The minimum atomic E-state index is 0.350. The number of ether oxygens (including phenoxy) is 1. The molecule has 0 aliphatic rings. The molecule has 90 valence electrons. The van der Waals surface area contributed by atoms with Crippen LogP contribution in [-0.4, -0.2) is 31.7 Å². The number of methoxy groups -OCH3 is 1. The van der Waals surface area contributed by atoms with Gasteiger partial charge in [0.25, 0.3) is 0 Å². The molecule has 16 heavy (non-hydrogen) atoms. The van der Waals surface area contributed by atoms with E-state index in [4.69, 9.17) is 22.1 Å². The largest absolute Gasteiger partial charge is 0.399 e. The second kappa shape index (κ2) is 6.09. The van der Waals surface area contributed by atoms with E-state index in [2.05, 4.69) is 11.8 Å². The van der Waals surface area contributed by atoms with Crippen LogP contribution in [0.4, 0.5) is 5.69 Å². The zero-order valence-electron chi connectivity index (χ0n) is 10.0. The van der Waals surface area contributed by atoms with E-state index in [0.29, 0.717) is 12.6 Å². The van der Waals surface area contributed by atoms with Gasteiger partial charge in [0.2, 0.25) is 0 Å². The summed E-state index contributed by atoms with van der Waals surface area (Å²) < 4.78 is 5.12. The Morgan fingerprint density at radius 2 is 2.19 bits per heavy atom. The van der Waals surface area contributed by atoms with Crippen molar-refractivity contribution in [3.8, 4) is 0 Å². The minimum Gasteiger partial charge on any atom is -0.399 e. The van der Waals surface area contributed by atoms with Crippen molar-refractivity contribution in [2.45, 2.75) is 19.5 Å². The van der Waals surface area contributed by atoms with Gasteiger partial charge < -0.3 is 10.5 Å². The average molecular weight is 243 g/mol. The lowest BCUT2D eigenvalue weighted by atomic mass is 10.1. The van der Waals surface area contributed by atoms with Crippen LogP contribution in [0, 0.1) is 0 Å². The zero-order valence-corrected chi connectivity index (χ0v) is 10.8. The van der Waals surface area contributed by atoms with Crippen molar-refractivity contribution in [3.05, 3.63) is 28.8 Å². The van der Waals surface area contributed by atoms with Gasteiger partial charge in [-0.2, -0.15) is 0 Å². The number of anilines is 1. The quantitative estimate of drug-likeness (QED) is 0.806. The van der Waals surface area contributed by atoms with Gasteiger partial charge in [0.15, 0.2) is 0 Å². The standard InChI is InChI=1S/C12H19ClN2O/c1-9(8-16-3)15(2)7-10-6-11(14)4-5-12(10)13/h4-6,9H,7-8,14H2,1-3H3. The maximum Gasteiger partial charge on any atom is 0.0615 e. The summed E-state index contributed by atoms with van der Waals surface area (Å²) in [5, 5.41) is 0.755. The van der Waals surface area contributed by atoms with E-state index in [1.54, 1.807) is 7.11 Å². The number of likely N-dealkylation sites (N-methyl/N-ethyl adjacent to an activating group) is 1. The second-order valence-electron chi connectivity index (χ2n) is 4.07. The highest BCUT2D eigenvalue weighted by molar-refractivity contribution is 6.31. The van der Waals surface area contributed by atoms with Crippen molar-refractivity contribution in [1.82, 2.24) is 4.90 Å². The molecule has 0 heterocycles. The zero-order chi connectivity index (χ0) is 12.1. The van der Waals surface area contributed by atoms with Crippen LogP contribution >= 0.6 is 11.6 Å². The first kappa shape index (κ1) is 13.3. The lowest BCUT2D eigenvalue weighted by Crippen LogP contribution is -2.32. The molecule has 1 atom stereocenters. The fourth-order valence-electron chi connectivity index (χ4n) is 1.51. The van der Waals surface area contributed by atoms with Gasteiger partial charge in [0.05, 0.1) is 6.61 Å². The molecule has 1 aromatic rings. The average Bonchev–Trinajstić information content (AvgIpc) is 2.23. The van der Waals surface area contributed by atoms with Crippen LogP contribution in [0.15, 0.2) is 18.2 Å². The van der Waals surface area contributed by atoms with Gasteiger partial charge >= 0.3 is 0 Å². The molecule has 0 saturated carbocycles. The van der Waals surface area contributed by atoms with Crippen molar-refractivity contribution >= 4 is 17.3 Å². The highest BCUT2D eigenvalue weighted by Crippen LogP contribution is 2.20. The van der Waals surface area contributed by atoms with Crippen LogP contribution in [0.25, 0.3) is 0 Å². The first-order chi connectivity index (χ1) is 7.54. The lowest BCUT2D eigenvalue weighted by molar-refractivity contribution is 0.112. The third-order valence-electron chi connectivity index (χ3n) is 2.65. The predicted octanol–water partition coefficient (Wildman–Crippen LogP) is 2.39. The van der Waals surface area contributed by atoms with Crippen LogP contribution in [0.1, 0.15) is 12.5 Å². The van der Waals surface area contributed by atoms with Crippen LogP contribution in [0.2, 0.25) is 5.02 Å². The van der Waals surface area contributed by atoms with E-state index in [1.165, 1.54) is 0 Å². The number of rotatable bonds is 5. The summed E-state index contributed by atoms with van der Waals surface area (Å²) in [5.41, 5.74) is 7.53. The van der Waals surface area contributed by atoms with Gasteiger partial charge in [0, 0.05) is 30.4 Å². The Morgan fingerprint density at radius 1 is 1.50 bits per heavy atom. The summed E-state index contributed by atoms with van der Waals surface area (Å²) in [5.74, 6) is 0. The molecule has 0 radical (unpaired) electrons. The van der Waals surface area contributed by atoms with E-state index >= 15 is 0 Å². The lowest BCUT2D eigenvalue weighted by Gasteiger charge is -2.24. The summed E-state index contributed by atoms with van der Waals surface area (Å²) in [7, 11) is 3.75. The Morgan fingerprint density at radius 3 is 2.81 bits per heavy atom. The first-order valence-electron chi connectivity index (χ1n) is 5.27. The molecule has 0 spiro atoms. The van der Waals surface area contributed by atoms with E-state index in [-0.39, 0.29) is 0 Å². The fourth-order valence-corrected chi connectivity index (χ4v) is 1.69. The van der Waals surface area contributed by atoms with Crippen LogP contribution in [0.5, 0.6) is 0 Å². The van der Waals surface area contributed by atoms with Crippen LogP contribution in [-0.2, 0) is 11.3 Å². The number of halogens is 1. The van der Waals surface area contributed by atoms with Gasteiger partial charge in [-0.1, -0.05) is 11.6 Å². The van der Waals surface area contributed by atoms with Gasteiger partial charge in [-0.25, -0.2) is 0 Å². The molecule has 1 rings (SSSR count). The molecule has 4 heteroatoms. The predicted molar refractivity (Wildman–Crippen MR) is 68.7 cm³/mol. The number of hydrogen-bond acceptors (Lipinski definition) is 3. The molecule has 1 unspecified atom stereocenters. The maximum atomic E-state index is 6.11. The normalized spacial score (nSPS) is 13.1. The van der Waals surface area contributed by atoms with Gasteiger partial charge in [-0.05, 0) is 37.7 Å². The topological polar surface area (TPSA) is 38.5 Å². The number of nitrogen functional groups attached to an aromatic ring is 1. The van der Waals surface area contributed by atoms with Crippen LogP contribution < -0.4 is 5.73 Å². The van der Waals surface area contributed by atoms with Gasteiger partial charge in [-0.3, -0.25) is 4.90 Å². The highest BCUT2D eigenvalue weighted by atomic mass is 35.5. The number of nitrogens with zero attached hydrogens (tertiary/aromatic N) is 1. The molecule has 3 nitrogen and oxygen atoms in total. The molecule has 0 amide bonds. The molecule has 1 aromatic carbocycles. The van der Waals surface area contributed by atoms with E-state index < -0.39 is 0 Å². The Kier molecular flexibility index (Phi) is 5.06. The smallest absolute Gasteiger partial charge is 0.0615 e. The van der Waals surface area contributed by atoms with Gasteiger partial charge in [-0.15, -0.1) is 0 Å². The minimum absolute atomic E-state index is 0.350. The molecular weight excluding hydrogens is 224 g/mol. The summed E-state index contributed by atoms with van der Waals surface area (Å²) >= 11 is 6.11. The SMILES string of the molecule is COCC(C)N(C)Cc1cc(N)ccc1Cl. The Bertz CT molecular complexity index is 344. The fraction of sp³-hybridized carbons (Fsp3) is 0.500. The van der Waals surface area contributed by atoms with Crippen molar-refractivity contribution in [2.24, 2.45) is 0 Å². The molecule has 0 saturated heterocycles. The Labute approximate surface area is 102 Å². The number of hydrogen-bond donors (Lipinski definition) is 1. The van der Waals surface area contributed by atoms with Crippen molar-refractivity contribution < 1.29 is 4.74 Å². The summed E-state index contributed by atoms with van der Waals surface area (Å²) in [6.45, 7) is 3.59. The molecule has 0 aliphatic carbocycles. The van der Waals surface area contributed by atoms with Crippen LogP contribution in [0.3, 0.4) is 0 Å². The van der Waals surface area contributed by atoms with E-state index in [0.717, 1.165) is 22.8 Å². The van der Waals surface area contributed by atoms with Gasteiger partial charge in [0.1, 0.15) is 0 Å². The Balaban J connectivity index is 2.68. The Hall–Kier alpha value is -0.770. The molecule has 2 N–H and O–H groups in total. The third-order valence-corrected chi connectivity index (χ3v) is 3.02.